The molecule has 0 amide bonds. The first-order valence-electron chi connectivity index (χ1n) is 5.77. The van der Waals surface area contributed by atoms with Crippen molar-refractivity contribution >= 4 is 33.3 Å². The average molecular weight is 322 g/mol. The Balaban J connectivity index is 2.25. The van der Waals surface area contributed by atoms with Crippen LogP contribution < -0.4 is 0 Å². The molecule has 2 aromatic rings. The van der Waals surface area contributed by atoms with Crippen molar-refractivity contribution in [1.82, 2.24) is 0 Å². The first-order valence-corrected chi connectivity index (χ1v) is 6.94. The highest BCUT2D eigenvalue weighted by Crippen LogP contribution is 2.30. The van der Waals surface area contributed by atoms with E-state index in [0.29, 0.717) is 10.6 Å². The highest BCUT2D eigenvalue weighted by Gasteiger charge is 2.23. The summed E-state index contributed by atoms with van der Waals surface area (Å²) in [4.78, 5) is 12.6. The van der Waals surface area contributed by atoms with Gasteiger partial charge in [-0.25, -0.2) is 0 Å². The monoisotopic (exact) mass is 320 g/mol. The van der Waals surface area contributed by atoms with Crippen molar-refractivity contribution in [3.05, 3.63) is 68.1 Å². The number of ketones is 1. The second kappa shape index (κ2) is 4.52. The van der Waals surface area contributed by atoms with Crippen LogP contribution in [-0.2, 0) is 12.8 Å². The molecule has 1 nitrogen and oxygen atoms in total. The summed E-state index contributed by atoms with van der Waals surface area (Å²) < 4.78 is 0.921. The van der Waals surface area contributed by atoms with E-state index in [0.717, 1.165) is 34.0 Å². The van der Waals surface area contributed by atoms with Crippen LogP contribution in [0.4, 0.5) is 0 Å². The molecule has 0 N–H and O–H groups in total. The van der Waals surface area contributed by atoms with E-state index >= 15 is 0 Å². The quantitative estimate of drug-likeness (QED) is 0.701. The number of benzene rings is 2. The third kappa shape index (κ3) is 1.90. The maximum absolute atomic E-state index is 12.6. The van der Waals surface area contributed by atoms with Crippen LogP contribution in [0.15, 0.2) is 40.9 Å². The summed E-state index contributed by atoms with van der Waals surface area (Å²) >= 11 is 9.60. The molecular weight excluding hydrogens is 312 g/mol. The lowest BCUT2D eigenvalue weighted by molar-refractivity contribution is 0.103. The smallest absolute Gasteiger partial charge is 0.195 e. The topological polar surface area (TPSA) is 17.1 Å². The highest BCUT2D eigenvalue weighted by atomic mass is 79.9. The van der Waals surface area contributed by atoms with Crippen LogP contribution in [0.1, 0.15) is 27.0 Å². The van der Waals surface area contributed by atoms with E-state index in [1.807, 2.05) is 30.3 Å². The number of fused-ring (bicyclic) bond motifs is 2. The molecule has 18 heavy (non-hydrogen) atoms. The molecule has 0 aliphatic heterocycles. The summed E-state index contributed by atoms with van der Waals surface area (Å²) in [5.41, 5.74) is 3.56. The van der Waals surface area contributed by atoms with Crippen LogP contribution in [-0.4, -0.2) is 5.78 Å². The Morgan fingerprint density at radius 2 is 1.83 bits per heavy atom. The Hall–Kier alpha value is -1.12. The molecule has 3 rings (SSSR count). The van der Waals surface area contributed by atoms with E-state index in [9.17, 15) is 4.79 Å². The summed E-state index contributed by atoms with van der Waals surface area (Å²) in [6.45, 7) is 0. The molecule has 0 aromatic heterocycles. The number of hydrogen-bond acceptors (Lipinski definition) is 1. The molecule has 0 unspecified atom stereocenters. The van der Waals surface area contributed by atoms with Crippen LogP contribution in [0.2, 0.25) is 5.02 Å². The zero-order chi connectivity index (χ0) is 12.7. The van der Waals surface area contributed by atoms with E-state index in [4.69, 9.17) is 11.6 Å². The van der Waals surface area contributed by atoms with Gasteiger partial charge in [-0.1, -0.05) is 45.7 Å². The molecule has 0 radical (unpaired) electrons. The maximum Gasteiger partial charge on any atom is 0.195 e. The number of halogens is 2. The van der Waals surface area contributed by atoms with E-state index < -0.39 is 0 Å². The van der Waals surface area contributed by atoms with Gasteiger partial charge in [0.2, 0.25) is 0 Å². The first kappa shape index (κ1) is 11.9. The lowest BCUT2D eigenvalue weighted by Gasteiger charge is -2.07. The maximum atomic E-state index is 12.6. The van der Waals surface area contributed by atoms with Crippen molar-refractivity contribution in [2.45, 2.75) is 12.8 Å². The standard InChI is InChI=1S/C15H10BrClO/c16-11-7-6-9-4-5-10-2-1-3-13(17)14(10)15(18)12(9)8-11/h1-3,6-8H,4-5H2. The number of hydrogen-bond donors (Lipinski definition) is 0. The molecule has 0 fully saturated rings. The van der Waals surface area contributed by atoms with Crippen LogP contribution in [0.3, 0.4) is 0 Å². The van der Waals surface area contributed by atoms with Gasteiger partial charge in [0.1, 0.15) is 0 Å². The molecule has 2 aromatic carbocycles. The van der Waals surface area contributed by atoms with Gasteiger partial charge in [-0.3, -0.25) is 4.79 Å². The minimum Gasteiger partial charge on any atom is -0.289 e. The van der Waals surface area contributed by atoms with Crippen molar-refractivity contribution in [1.29, 1.82) is 0 Å². The summed E-state index contributed by atoms with van der Waals surface area (Å²) in [7, 11) is 0. The predicted octanol–water partition coefficient (Wildman–Crippen LogP) is 4.43. The lowest BCUT2D eigenvalue weighted by atomic mass is 9.99. The number of carbonyl (C=O) groups excluding carboxylic acids is 1. The molecule has 0 saturated heterocycles. The van der Waals surface area contributed by atoms with Gasteiger partial charge in [-0.05, 0) is 42.2 Å². The first-order chi connectivity index (χ1) is 8.66. The van der Waals surface area contributed by atoms with Crippen LogP contribution in [0.5, 0.6) is 0 Å². The number of carbonyl (C=O) groups is 1. The van der Waals surface area contributed by atoms with Crippen molar-refractivity contribution in [3.8, 4) is 0 Å². The molecule has 0 saturated carbocycles. The van der Waals surface area contributed by atoms with Gasteiger partial charge < -0.3 is 0 Å². The van der Waals surface area contributed by atoms with Gasteiger partial charge in [0.15, 0.2) is 5.78 Å². The van der Waals surface area contributed by atoms with Gasteiger partial charge >= 0.3 is 0 Å². The van der Waals surface area contributed by atoms with Crippen molar-refractivity contribution in [2.24, 2.45) is 0 Å². The minimum absolute atomic E-state index is 0.0319. The molecule has 0 bridgehead atoms. The average Bonchev–Trinajstić information content (AvgIpc) is 2.49. The van der Waals surface area contributed by atoms with Crippen molar-refractivity contribution in [2.75, 3.05) is 0 Å². The van der Waals surface area contributed by atoms with Gasteiger partial charge in [0, 0.05) is 15.6 Å². The fourth-order valence-electron chi connectivity index (χ4n) is 2.41. The third-order valence-corrected chi connectivity index (χ3v) is 4.12. The van der Waals surface area contributed by atoms with Crippen LogP contribution in [0.25, 0.3) is 0 Å². The molecule has 1 aliphatic carbocycles. The SMILES string of the molecule is O=C1c2cc(Br)ccc2CCc2cccc(Cl)c21. The number of aryl methyl sites for hydroxylation is 2. The lowest BCUT2D eigenvalue weighted by Crippen LogP contribution is -2.05. The molecule has 0 atom stereocenters. The van der Waals surface area contributed by atoms with E-state index in [1.54, 1.807) is 6.07 Å². The Morgan fingerprint density at radius 1 is 1.06 bits per heavy atom. The van der Waals surface area contributed by atoms with Gasteiger partial charge in [0.25, 0.3) is 0 Å². The van der Waals surface area contributed by atoms with Gasteiger partial charge in [-0.15, -0.1) is 0 Å². The molecule has 3 heteroatoms. The van der Waals surface area contributed by atoms with Crippen molar-refractivity contribution < 1.29 is 4.79 Å². The summed E-state index contributed by atoms with van der Waals surface area (Å²) in [5, 5.41) is 0.547. The fourth-order valence-corrected chi connectivity index (χ4v) is 3.05. The molecule has 0 spiro atoms. The normalized spacial score (nSPS) is 13.8. The second-order valence-corrected chi connectivity index (χ2v) is 5.73. The Morgan fingerprint density at radius 3 is 2.67 bits per heavy atom. The Kier molecular flexibility index (Phi) is 3.00. The van der Waals surface area contributed by atoms with E-state index in [2.05, 4.69) is 15.9 Å². The van der Waals surface area contributed by atoms with Crippen LogP contribution in [0, 0.1) is 0 Å². The molecule has 0 heterocycles. The molecule has 90 valence electrons. The summed E-state index contributed by atoms with van der Waals surface area (Å²) in [6.07, 6.45) is 1.73. The Bertz CT molecular complexity index is 649. The third-order valence-electron chi connectivity index (χ3n) is 3.31. The van der Waals surface area contributed by atoms with Crippen LogP contribution >= 0.6 is 27.5 Å². The molecule has 1 aliphatic rings. The zero-order valence-electron chi connectivity index (χ0n) is 9.54. The Labute approximate surface area is 119 Å². The van der Waals surface area contributed by atoms with E-state index in [-0.39, 0.29) is 5.78 Å². The predicted molar refractivity (Wildman–Crippen MR) is 76.4 cm³/mol. The molecular formula is C15H10BrClO. The second-order valence-electron chi connectivity index (χ2n) is 4.40. The van der Waals surface area contributed by atoms with Gasteiger partial charge in [0.05, 0.1) is 5.02 Å². The largest absolute Gasteiger partial charge is 0.289 e. The highest BCUT2D eigenvalue weighted by molar-refractivity contribution is 9.10. The zero-order valence-corrected chi connectivity index (χ0v) is 11.9. The van der Waals surface area contributed by atoms with Crippen molar-refractivity contribution in [3.63, 3.8) is 0 Å². The summed E-state index contributed by atoms with van der Waals surface area (Å²) in [5.74, 6) is 0.0319. The van der Waals surface area contributed by atoms with Gasteiger partial charge in [-0.2, -0.15) is 0 Å². The minimum atomic E-state index is 0.0319. The summed E-state index contributed by atoms with van der Waals surface area (Å²) in [6, 6.07) is 11.5. The fraction of sp³-hybridized carbons (Fsp3) is 0.133. The number of rotatable bonds is 0. The van der Waals surface area contributed by atoms with E-state index in [1.165, 1.54) is 0 Å².